The van der Waals surface area contributed by atoms with E-state index in [-0.39, 0.29) is 0 Å². The van der Waals surface area contributed by atoms with Crippen molar-refractivity contribution in [3.63, 3.8) is 0 Å². The molecule has 1 aromatic rings. The third-order valence-corrected chi connectivity index (χ3v) is 3.99. The fourth-order valence-corrected chi connectivity index (χ4v) is 2.95. The summed E-state index contributed by atoms with van der Waals surface area (Å²) < 4.78 is 5.06. The molecule has 1 rings (SSSR count). The highest BCUT2D eigenvalue weighted by atomic mass is 32.1. The highest BCUT2D eigenvalue weighted by Crippen LogP contribution is 2.28. The first-order valence-electron chi connectivity index (χ1n) is 6.70. The minimum absolute atomic E-state index is 0.295. The molecule has 0 saturated carbocycles. The van der Waals surface area contributed by atoms with Gasteiger partial charge in [0.1, 0.15) is 0 Å². The Balaban J connectivity index is 2.50. The summed E-state index contributed by atoms with van der Waals surface area (Å²) in [6, 6.07) is 0. The van der Waals surface area contributed by atoms with E-state index in [1.165, 1.54) is 18.5 Å². The SMILES string of the molecule is CCCC(C)(CNCCOC)Cc1csc(C)n1. The van der Waals surface area contributed by atoms with Crippen LogP contribution in [0, 0.1) is 12.3 Å². The molecule has 1 unspecified atom stereocenters. The third-order valence-electron chi connectivity index (χ3n) is 3.16. The van der Waals surface area contributed by atoms with E-state index in [1.807, 2.05) is 0 Å². The van der Waals surface area contributed by atoms with Gasteiger partial charge in [0.25, 0.3) is 0 Å². The minimum Gasteiger partial charge on any atom is -0.383 e. The molecule has 1 heterocycles. The predicted octanol–water partition coefficient (Wildman–Crippen LogP) is 3.04. The fraction of sp³-hybridized carbons (Fsp3) is 0.786. The Labute approximate surface area is 115 Å². The maximum absolute atomic E-state index is 5.06. The first-order chi connectivity index (χ1) is 8.59. The van der Waals surface area contributed by atoms with Gasteiger partial charge >= 0.3 is 0 Å². The van der Waals surface area contributed by atoms with Gasteiger partial charge in [-0.25, -0.2) is 4.98 Å². The number of hydrogen-bond acceptors (Lipinski definition) is 4. The second-order valence-electron chi connectivity index (χ2n) is 5.26. The average Bonchev–Trinajstić information content (AvgIpc) is 2.70. The molecular formula is C14H26N2OS. The molecule has 104 valence electrons. The zero-order valence-corrected chi connectivity index (χ0v) is 12.9. The monoisotopic (exact) mass is 270 g/mol. The number of rotatable bonds is 9. The molecular weight excluding hydrogens is 244 g/mol. The molecule has 0 aliphatic carbocycles. The van der Waals surface area contributed by atoms with E-state index >= 15 is 0 Å². The summed E-state index contributed by atoms with van der Waals surface area (Å²) in [7, 11) is 1.74. The lowest BCUT2D eigenvalue weighted by molar-refractivity contribution is 0.189. The zero-order valence-electron chi connectivity index (χ0n) is 12.1. The number of methoxy groups -OCH3 is 1. The maximum atomic E-state index is 5.06. The minimum atomic E-state index is 0.295. The van der Waals surface area contributed by atoms with Crippen LogP contribution in [0.5, 0.6) is 0 Å². The lowest BCUT2D eigenvalue weighted by Gasteiger charge is -2.29. The van der Waals surface area contributed by atoms with E-state index in [1.54, 1.807) is 18.4 Å². The van der Waals surface area contributed by atoms with Gasteiger partial charge in [-0.1, -0.05) is 20.3 Å². The third kappa shape index (κ3) is 5.46. The van der Waals surface area contributed by atoms with Crippen LogP contribution in [0.2, 0.25) is 0 Å². The Morgan fingerprint density at radius 1 is 1.50 bits per heavy atom. The van der Waals surface area contributed by atoms with Crippen LogP contribution in [0.4, 0.5) is 0 Å². The molecule has 0 radical (unpaired) electrons. The normalized spacial score (nSPS) is 14.7. The number of thiazole rings is 1. The summed E-state index contributed by atoms with van der Waals surface area (Å²) >= 11 is 1.74. The summed E-state index contributed by atoms with van der Waals surface area (Å²) in [6.07, 6.45) is 3.50. The highest BCUT2D eigenvalue weighted by Gasteiger charge is 2.24. The molecule has 1 N–H and O–H groups in total. The molecule has 0 bridgehead atoms. The number of aryl methyl sites for hydroxylation is 1. The topological polar surface area (TPSA) is 34.1 Å². The molecule has 1 aromatic heterocycles. The van der Waals surface area contributed by atoms with E-state index in [0.29, 0.717) is 5.41 Å². The number of nitrogens with one attached hydrogen (secondary N) is 1. The van der Waals surface area contributed by atoms with Crippen LogP contribution >= 0.6 is 11.3 Å². The molecule has 0 amide bonds. The Morgan fingerprint density at radius 2 is 2.28 bits per heavy atom. The van der Waals surface area contributed by atoms with Crippen LogP contribution in [0.1, 0.15) is 37.4 Å². The van der Waals surface area contributed by atoms with Gasteiger partial charge in [-0.15, -0.1) is 11.3 Å². The van der Waals surface area contributed by atoms with E-state index in [2.05, 4.69) is 36.5 Å². The van der Waals surface area contributed by atoms with Gasteiger partial charge < -0.3 is 10.1 Å². The predicted molar refractivity (Wildman–Crippen MR) is 78.3 cm³/mol. The quantitative estimate of drug-likeness (QED) is 0.700. The van der Waals surface area contributed by atoms with Crippen LogP contribution in [-0.2, 0) is 11.2 Å². The summed E-state index contributed by atoms with van der Waals surface area (Å²) in [5.74, 6) is 0. The molecule has 0 fully saturated rings. The van der Waals surface area contributed by atoms with Gasteiger partial charge in [-0.3, -0.25) is 0 Å². The largest absolute Gasteiger partial charge is 0.383 e. The number of ether oxygens (including phenoxy) is 1. The van der Waals surface area contributed by atoms with Crippen molar-refractivity contribution in [1.29, 1.82) is 0 Å². The van der Waals surface area contributed by atoms with Crippen LogP contribution in [-0.4, -0.2) is 31.8 Å². The van der Waals surface area contributed by atoms with Gasteiger partial charge in [0.15, 0.2) is 0 Å². The molecule has 18 heavy (non-hydrogen) atoms. The summed E-state index contributed by atoms with van der Waals surface area (Å²) in [5.41, 5.74) is 1.53. The van der Waals surface area contributed by atoms with Gasteiger partial charge in [-0.05, 0) is 25.2 Å². The summed E-state index contributed by atoms with van der Waals surface area (Å²) in [6.45, 7) is 9.40. The molecule has 0 spiro atoms. The Bertz CT molecular complexity index is 340. The first-order valence-corrected chi connectivity index (χ1v) is 7.58. The van der Waals surface area contributed by atoms with Crippen molar-refractivity contribution >= 4 is 11.3 Å². The van der Waals surface area contributed by atoms with E-state index in [0.717, 1.165) is 31.1 Å². The van der Waals surface area contributed by atoms with Crippen LogP contribution in [0.3, 0.4) is 0 Å². The second-order valence-corrected chi connectivity index (χ2v) is 6.33. The Morgan fingerprint density at radius 3 is 2.83 bits per heavy atom. The van der Waals surface area contributed by atoms with Gasteiger partial charge in [-0.2, -0.15) is 0 Å². The van der Waals surface area contributed by atoms with E-state index < -0.39 is 0 Å². The maximum Gasteiger partial charge on any atom is 0.0897 e. The average molecular weight is 270 g/mol. The lowest BCUT2D eigenvalue weighted by atomic mass is 9.81. The Hall–Kier alpha value is -0.450. The van der Waals surface area contributed by atoms with Crippen molar-refractivity contribution in [2.45, 2.75) is 40.0 Å². The van der Waals surface area contributed by atoms with Crippen LogP contribution in [0.15, 0.2) is 5.38 Å². The first kappa shape index (κ1) is 15.6. The van der Waals surface area contributed by atoms with Gasteiger partial charge in [0.2, 0.25) is 0 Å². The van der Waals surface area contributed by atoms with Crippen molar-refractivity contribution in [2.75, 3.05) is 26.8 Å². The van der Waals surface area contributed by atoms with Crippen LogP contribution in [0.25, 0.3) is 0 Å². The molecule has 0 aliphatic heterocycles. The second kappa shape index (κ2) is 7.87. The molecule has 4 heteroatoms. The van der Waals surface area contributed by atoms with Gasteiger partial charge in [0, 0.05) is 25.6 Å². The smallest absolute Gasteiger partial charge is 0.0897 e. The molecule has 0 aromatic carbocycles. The standard InChI is InChI=1S/C14H26N2OS/c1-5-6-14(3,11-15-7-8-17-4)9-13-10-18-12(2)16-13/h10,15H,5-9,11H2,1-4H3. The number of hydrogen-bond donors (Lipinski definition) is 1. The van der Waals surface area contributed by atoms with Crippen molar-refractivity contribution < 1.29 is 4.74 Å². The van der Waals surface area contributed by atoms with Crippen LogP contribution < -0.4 is 5.32 Å². The lowest BCUT2D eigenvalue weighted by Crippen LogP contribution is -2.35. The van der Waals surface area contributed by atoms with Crippen molar-refractivity contribution in [3.8, 4) is 0 Å². The van der Waals surface area contributed by atoms with Crippen molar-refractivity contribution in [1.82, 2.24) is 10.3 Å². The molecule has 3 nitrogen and oxygen atoms in total. The van der Waals surface area contributed by atoms with E-state index in [4.69, 9.17) is 4.74 Å². The molecule has 0 saturated heterocycles. The summed E-state index contributed by atoms with van der Waals surface area (Å²) in [5, 5.41) is 6.85. The fourth-order valence-electron chi connectivity index (χ4n) is 2.33. The molecule has 1 atom stereocenters. The van der Waals surface area contributed by atoms with Crippen molar-refractivity contribution in [2.24, 2.45) is 5.41 Å². The van der Waals surface area contributed by atoms with Crippen molar-refractivity contribution in [3.05, 3.63) is 16.1 Å². The number of aromatic nitrogens is 1. The Kier molecular flexibility index (Phi) is 6.82. The van der Waals surface area contributed by atoms with Gasteiger partial charge in [0.05, 0.1) is 17.3 Å². The number of nitrogens with zero attached hydrogens (tertiary/aromatic N) is 1. The highest BCUT2D eigenvalue weighted by molar-refractivity contribution is 7.09. The summed E-state index contributed by atoms with van der Waals surface area (Å²) in [4.78, 5) is 4.59. The zero-order chi connectivity index (χ0) is 13.4. The molecule has 0 aliphatic rings. The van der Waals surface area contributed by atoms with E-state index in [9.17, 15) is 0 Å².